The summed E-state index contributed by atoms with van der Waals surface area (Å²) in [6.07, 6.45) is 0.000917. The number of anilines is 1. The summed E-state index contributed by atoms with van der Waals surface area (Å²) in [6, 6.07) is -0.782. The first kappa shape index (κ1) is 93.3. The van der Waals surface area contributed by atoms with Crippen LogP contribution in [-0.4, -0.2) is 290 Å². The molecule has 0 spiro atoms. The third kappa shape index (κ3) is 19.5. The van der Waals surface area contributed by atoms with E-state index in [4.69, 9.17) is 31.8 Å². The largest absolute Gasteiger partial charge is 1.00 e. The second-order valence-electron chi connectivity index (χ2n) is 22.4. The standard InChI is InChI=1S/C18H23N9O4S3.2C17H17N7O8S4.2ClH.2Na/c1-25(2)3-4-26-18(22-23-24-26)34-7-9-6-32-15-12(14(29)27(15)13(9)16(30)31)21-11(28)5-10-8-33-17(19)20-10;2*1-23-16(20-21-22-23)34-4-5-3-33-15-17(32-2,14(31)24(15)7(5)11(29)30)19-9(26)13-35-12(36-13)6(8(18)25)10(27)28;;;;/h8,12,15H,3-7H2,1-2H3,(H2,19,20)(H,21,28)(H,30,31);2*13,15H,3-4H2,1-2H3,(H2,18,25)(H,19,26)(H,27,28)(H,29,30);2*1H;;/q;;;;;2*+1/p-2/t12-,15-;2*13?,15-,17+;;;;/m111..../s1. The molecule has 12 N–H and O–H groups in total. The van der Waals surface area contributed by atoms with Crippen LogP contribution in [0.5, 0.6) is 0 Å². The van der Waals surface area contributed by atoms with Crippen LogP contribution >= 0.6 is 154 Å². The number of tetrazole rings is 3. The Morgan fingerprint density at radius 2 is 1.09 bits per heavy atom. The van der Waals surface area contributed by atoms with E-state index >= 15 is 0 Å². The van der Waals surface area contributed by atoms with E-state index < -0.39 is 125 Å². The number of fused-ring (bicyclic) bond motifs is 3. The number of methoxy groups -OCH3 is 2. The predicted molar refractivity (Wildman–Crippen MR) is 392 cm³/mol. The zero-order valence-electron chi connectivity index (χ0n) is 57.8. The number of likely N-dealkylation sites (N-methyl/N-ethyl adjacent to an activating group) is 1. The summed E-state index contributed by atoms with van der Waals surface area (Å²) >= 11 is 11.9. The molecule has 110 heavy (non-hydrogen) atoms. The molecule has 582 valence electrons. The van der Waals surface area contributed by atoms with E-state index in [1.54, 1.807) is 24.2 Å². The zero-order chi connectivity index (χ0) is 77.1. The molecule has 6 atom stereocenters. The van der Waals surface area contributed by atoms with Gasteiger partial charge < -0.3 is 82.6 Å². The first-order chi connectivity index (χ1) is 50.3. The molecule has 0 bridgehead atoms. The molecule has 12 heterocycles. The topological polar surface area (TPSA) is 618 Å². The van der Waals surface area contributed by atoms with Crippen molar-refractivity contribution in [1.29, 1.82) is 0 Å². The number of hydrogen-bond donors (Lipinski definition) is 9. The number of hydrogen-bond acceptors (Lipinski definition) is 40. The molecule has 8 aliphatic heterocycles. The van der Waals surface area contributed by atoms with Gasteiger partial charge in [-0.15, -0.1) is 86.7 Å². The van der Waals surface area contributed by atoms with Gasteiger partial charge in [-0.2, -0.15) is 0 Å². The number of primary amides is 2. The number of nitrogen functional groups attached to an aromatic ring is 1. The molecule has 12 rings (SSSR count). The van der Waals surface area contributed by atoms with Crippen molar-refractivity contribution in [3.05, 3.63) is 64.5 Å². The number of halogens is 2. The van der Waals surface area contributed by atoms with Crippen molar-refractivity contribution in [2.24, 2.45) is 25.6 Å². The van der Waals surface area contributed by atoms with Crippen LogP contribution in [0.4, 0.5) is 5.13 Å². The molecule has 0 unspecified atom stereocenters. The predicted octanol–water partition coefficient (Wildman–Crippen LogP) is -11.3. The number of nitrogens with two attached hydrogens (primary N) is 3. The number of carboxylic acids is 5. The van der Waals surface area contributed by atoms with Crippen molar-refractivity contribution >= 4 is 236 Å². The van der Waals surface area contributed by atoms with Crippen LogP contribution in [-0.2, 0) is 98.9 Å². The number of carbonyl (C=O) groups excluding carboxylic acids is 10. The molecule has 0 aliphatic carbocycles. The van der Waals surface area contributed by atoms with Crippen molar-refractivity contribution in [3.8, 4) is 0 Å². The van der Waals surface area contributed by atoms with Gasteiger partial charge in [0.2, 0.25) is 33.2 Å². The normalized spacial score (nSPS) is 22.5. The van der Waals surface area contributed by atoms with Crippen molar-refractivity contribution in [2.75, 3.05) is 75.1 Å². The van der Waals surface area contributed by atoms with Crippen LogP contribution in [0.15, 0.2) is 74.3 Å². The van der Waals surface area contributed by atoms with E-state index in [1.165, 1.54) is 110 Å². The van der Waals surface area contributed by atoms with Crippen LogP contribution < -0.4 is 102 Å². The van der Waals surface area contributed by atoms with Crippen molar-refractivity contribution in [3.63, 3.8) is 0 Å². The first-order valence-corrected chi connectivity index (χ1v) is 40.1. The van der Waals surface area contributed by atoms with Crippen LogP contribution in [0.1, 0.15) is 5.69 Å². The SMILES string of the molecule is CN(C)CCn1nnnc1SCC1=C(C(=O)O)N2C(=O)[C@@H](NC(=O)Cc3csc(N)n3)[C@H]2SC1.CO[C@@]1(NC(=O)C2SC(=C(C(N)=O)C(=O)O)S2)C(=O)N2C(C(=O)O)=C(CSc3nnnn3C)CS[C@@H]21.CO[C@@]1(NC(=O)C2SC(=C(C(N)=O)C(=O)[O-])S2)C(=O)N2C(C(=O)[O-])=C(CSc3nnnn3C)CS[C@@H]21.Cl.Cl.[Na+].[Na+]. The van der Waals surface area contributed by atoms with E-state index in [0.717, 1.165) is 63.4 Å². The molecule has 4 aromatic heterocycles. The Kier molecular flexibility index (Phi) is 33.6. The van der Waals surface area contributed by atoms with Crippen molar-refractivity contribution in [2.45, 2.75) is 71.2 Å². The third-order valence-electron chi connectivity index (χ3n) is 15.5. The Labute approximate surface area is 722 Å². The number of amides is 8. The summed E-state index contributed by atoms with van der Waals surface area (Å²) in [6.45, 7) is 1.36. The average molecular weight is 1790 g/mol. The van der Waals surface area contributed by atoms with E-state index in [1.807, 2.05) is 19.0 Å². The molecular weight excluding hydrogens is 1740 g/mol. The molecule has 5 fully saturated rings. The number of nitrogens with zero attached hydrogens (tertiary/aromatic N) is 17. The fraction of sp³-hybridized carbons (Fsp3) is 0.442. The molecule has 43 nitrogen and oxygen atoms in total. The Bertz CT molecular complexity index is 4300. The van der Waals surface area contributed by atoms with E-state index in [9.17, 15) is 82.8 Å². The van der Waals surface area contributed by atoms with Crippen LogP contribution in [0, 0.1) is 0 Å². The van der Waals surface area contributed by atoms with Gasteiger partial charge >= 0.3 is 77.0 Å². The number of carboxylic acid groups (broad SMARTS) is 5. The average Bonchev–Trinajstić information content (AvgIpc) is 0.776. The second kappa shape index (κ2) is 39.6. The Morgan fingerprint density at radius 1 is 0.655 bits per heavy atom. The van der Waals surface area contributed by atoms with Gasteiger partial charge in [-0.1, -0.05) is 82.3 Å². The van der Waals surface area contributed by atoms with Gasteiger partial charge in [-0.05, 0) is 62.1 Å². The minimum absolute atomic E-state index is 0. The molecule has 5 saturated heterocycles. The number of aliphatic carboxylic acids is 5. The van der Waals surface area contributed by atoms with Crippen molar-refractivity contribution < 1.29 is 156 Å². The Hall–Kier alpha value is -5.59. The number of thiazole rings is 1. The molecular formula is C52H57Cl2N23Na2O20S11. The molecule has 8 aliphatic rings. The number of aromatic nitrogens is 13. The van der Waals surface area contributed by atoms with Gasteiger partial charge in [0, 0.05) is 74.8 Å². The molecule has 0 radical (unpaired) electrons. The first-order valence-electron chi connectivity index (χ1n) is 29.6. The number of thioether (sulfide) groups is 10. The minimum atomic E-state index is -1.85. The number of rotatable bonds is 28. The quantitative estimate of drug-likeness (QED) is 0.00485. The summed E-state index contributed by atoms with van der Waals surface area (Å²) in [7, 11) is 9.58. The molecule has 0 aromatic carbocycles. The van der Waals surface area contributed by atoms with E-state index in [-0.39, 0.29) is 145 Å². The van der Waals surface area contributed by atoms with Crippen LogP contribution in [0.25, 0.3) is 0 Å². The Morgan fingerprint density at radius 3 is 1.50 bits per heavy atom. The smallest absolute Gasteiger partial charge is 0.545 e. The summed E-state index contributed by atoms with van der Waals surface area (Å²) in [5.41, 5.74) is 12.2. The number of nitrogens with one attached hydrogen (secondary N) is 3. The third-order valence-corrected chi connectivity index (χ3v) is 29.2. The summed E-state index contributed by atoms with van der Waals surface area (Å²) in [5, 5.41) is 94.8. The van der Waals surface area contributed by atoms with Gasteiger partial charge in [-0.25, -0.2) is 33.4 Å². The summed E-state index contributed by atoms with van der Waals surface area (Å²) in [4.78, 5) is 168. The maximum Gasteiger partial charge on any atom is 1.00 e. The van der Waals surface area contributed by atoms with Crippen LogP contribution in [0.3, 0.4) is 0 Å². The van der Waals surface area contributed by atoms with Gasteiger partial charge in [0.05, 0.1) is 50.3 Å². The fourth-order valence-corrected chi connectivity index (χ4v) is 22.7. The molecule has 58 heteroatoms. The second-order valence-corrected chi connectivity index (χ2v) is 34.9. The molecule has 8 amide bonds. The van der Waals surface area contributed by atoms with Gasteiger partial charge in [0.15, 0.2) is 5.13 Å². The summed E-state index contributed by atoms with van der Waals surface area (Å²) < 4.78 is 13.6. The van der Waals surface area contributed by atoms with Gasteiger partial charge in [0.1, 0.15) is 48.3 Å². The summed E-state index contributed by atoms with van der Waals surface area (Å²) in [5.74, 6) is -11.8. The fourth-order valence-electron chi connectivity index (χ4n) is 10.5. The zero-order valence-corrected chi connectivity index (χ0v) is 72.4. The molecule has 0 saturated carbocycles. The Balaban J connectivity index is 0.000000253. The maximum absolute atomic E-state index is 13.2. The van der Waals surface area contributed by atoms with E-state index in [2.05, 4.69) is 67.5 Å². The number of ether oxygens (including phenoxy) is 2. The monoisotopic (exact) mass is 1790 g/mol. The minimum Gasteiger partial charge on any atom is -0.545 e. The van der Waals surface area contributed by atoms with Gasteiger partial charge in [0.25, 0.3) is 41.0 Å². The van der Waals surface area contributed by atoms with Crippen LogP contribution in [0.2, 0.25) is 0 Å². The number of aryl methyl sites for hydroxylation is 2. The molecule has 4 aromatic rings. The van der Waals surface area contributed by atoms with Crippen molar-refractivity contribution in [1.82, 2.24) is 101 Å². The number of carbonyl (C=O) groups is 13. The van der Waals surface area contributed by atoms with E-state index in [0.29, 0.717) is 61.1 Å². The van der Waals surface area contributed by atoms with Gasteiger partial charge in [-0.3, -0.25) is 53.1 Å². The maximum atomic E-state index is 13.2. The number of β-lactam (4-membered cyclic amide) rings is 3.